The van der Waals surface area contributed by atoms with Gasteiger partial charge in [0.2, 0.25) is 9.04 Å². The lowest BCUT2D eigenvalue weighted by atomic mass is 9.91. The number of carbonyl (C=O) groups is 1. The lowest BCUT2D eigenvalue weighted by Gasteiger charge is -2.34. The first-order valence-electron chi connectivity index (χ1n) is 9.61. The van der Waals surface area contributed by atoms with E-state index in [0.29, 0.717) is 12.8 Å². The molecule has 5 heteroatoms. The number of hydrogen-bond donors (Lipinski definition) is 0. The standard InChI is InChI=1S/C22H29FO3Si/c1-4-6-13-18(5-2)22(23,21(24)25-3)26-27(19-14-9-7-10-15-19)20-16-11-8-12-17-20/h7-12,14-18,27H,4-6,13H2,1-3H3. The lowest BCUT2D eigenvalue weighted by Crippen LogP contribution is -2.56. The van der Waals surface area contributed by atoms with Gasteiger partial charge in [-0.25, -0.2) is 4.79 Å². The summed E-state index contributed by atoms with van der Waals surface area (Å²) < 4.78 is 27.1. The molecule has 0 radical (unpaired) electrons. The highest BCUT2D eigenvalue weighted by atomic mass is 28.3. The van der Waals surface area contributed by atoms with Crippen LogP contribution in [0.1, 0.15) is 39.5 Å². The molecule has 2 rings (SSSR count). The molecule has 0 aliphatic rings. The van der Waals surface area contributed by atoms with Crippen LogP contribution in [0.3, 0.4) is 0 Å². The average molecular weight is 389 g/mol. The second kappa shape index (κ2) is 10.4. The fourth-order valence-electron chi connectivity index (χ4n) is 3.31. The molecule has 27 heavy (non-hydrogen) atoms. The number of halogens is 1. The predicted molar refractivity (Wildman–Crippen MR) is 110 cm³/mol. The number of rotatable bonds is 10. The van der Waals surface area contributed by atoms with Gasteiger partial charge >= 0.3 is 11.8 Å². The van der Waals surface area contributed by atoms with E-state index in [0.717, 1.165) is 23.2 Å². The third-order valence-corrected chi connectivity index (χ3v) is 7.44. The Labute approximate surface area is 163 Å². The van der Waals surface area contributed by atoms with Crippen LogP contribution in [0.5, 0.6) is 0 Å². The molecule has 0 saturated heterocycles. The summed E-state index contributed by atoms with van der Waals surface area (Å²) in [6.45, 7) is 3.94. The minimum absolute atomic E-state index is 0.510. The third-order valence-electron chi connectivity index (χ3n) is 4.88. The number of esters is 1. The lowest BCUT2D eigenvalue weighted by molar-refractivity contribution is -0.190. The van der Waals surface area contributed by atoms with Crippen molar-refractivity contribution < 1.29 is 18.3 Å². The zero-order valence-corrected chi connectivity index (χ0v) is 17.5. The minimum atomic E-state index is -2.44. The molecule has 0 saturated carbocycles. The van der Waals surface area contributed by atoms with Gasteiger partial charge in [0.15, 0.2) is 0 Å². The van der Waals surface area contributed by atoms with Crippen LogP contribution in [0.2, 0.25) is 0 Å². The number of methoxy groups -OCH3 is 1. The summed E-state index contributed by atoms with van der Waals surface area (Å²) in [6, 6.07) is 19.2. The van der Waals surface area contributed by atoms with Crippen molar-refractivity contribution in [2.45, 2.75) is 45.4 Å². The van der Waals surface area contributed by atoms with Crippen LogP contribution in [0.25, 0.3) is 0 Å². The van der Waals surface area contributed by atoms with Crippen LogP contribution in [0, 0.1) is 5.92 Å². The van der Waals surface area contributed by atoms with E-state index in [-0.39, 0.29) is 0 Å². The van der Waals surface area contributed by atoms with Crippen molar-refractivity contribution in [1.82, 2.24) is 0 Å². The molecule has 0 N–H and O–H groups in total. The Morgan fingerprint density at radius 1 is 1.04 bits per heavy atom. The zero-order chi connectivity index (χ0) is 19.7. The quantitative estimate of drug-likeness (QED) is 0.461. The number of carbonyl (C=O) groups excluding carboxylic acids is 1. The fraction of sp³-hybridized carbons (Fsp3) is 0.409. The van der Waals surface area contributed by atoms with Gasteiger partial charge in [0, 0.05) is 5.92 Å². The Balaban J connectivity index is 2.45. The van der Waals surface area contributed by atoms with Crippen LogP contribution in [-0.2, 0) is 14.0 Å². The largest absolute Gasteiger partial charge is 0.465 e. The summed E-state index contributed by atoms with van der Waals surface area (Å²) in [4.78, 5) is 12.5. The van der Waals surface area contributed by atoms with Gasteiger partial charge < -0.3 is 9.16 Å². The van der Waals surface area contributed by atoms with Gasteiger partial charge in [-0.15, -0.1) is 0 Å². The molecule has 0 aromatic heterocycles. The molecule has 0 bridgehead atoms. The maximum absolute atomic E-state index is 16.1. The predicted octanol–water partition coefficient (Wildman–Crippen LogP) is 3.60. The van der Waals surface area contributed by atoms with E-state index < -0.39 is 26.8 Å². The molecule has 0 fully saturated rings. The molecule has 2 aromatic rings. The van der Waals surface area contributed by atoms with Crippen LogP contribution in [-0.4, -0.2) is 28.0 Å². The summed E-state index contributed by atoms with van der Waals surface area (Å²) in [7, 11) is -1.21. The number of alkyl halides is 1. The number of benzene rings is 2. The highest BCUT2D eigenvalue weighted by molar-refractivity contribution is 6.80. The molecular formula is C22H29FO3Si. The van der Waals surface area contributed by atoms with Crippen molar-refractivity contribution in [3.05, 3.63) is 60.7 Å². The van der Waals surface area contributed by atoms with Crippen molar-refractivity contribution in [2.75, 3.05) is 7.11 Å². The zero-order valence-electron chi connectivity index (χ0n) is 16.4. The summed E-state index contributed by atoms with van der Waals surface area (Å²) in [6.07, 6.45) is 2.87. The molecule has 0 spiro atoms. The van der Waals surface area contributed by atoms with Crippen LogP contribution >= 0.6 is 0 Å². The smallest absolute Gasteiger partial charge is 0.371 e. The first-order chi connectivity index (χ1) is 13.1. The topological polar surface area (TPSA) is 35.5 Å². The molecule has 2 aromatic carbocycles. The van der Waals surface area contributed by atoms with Crippen molar-refractivity contribution in [1.29, 1.82) is 0 Å². The van der Waals surface area contributed by atoms with Crippen molar-refractivity contribution in [3.8, 4) is 0 Å². The third kappa shape index (κ3) is 5.27. The van der Waals surface area contributed by atoms with Gasteiger partial charge in [-0.2, -0.15) is 4.39 Å². The Morgan fingerprint density at radius 2 is 1.56 bits per heavy atom. The summed E-state index contributed by atoms with van der Waals surface area (Å²) >= 11 is 0. The number of unbranched alkanes of at least 4 members (excludes halogenated alkanes) is 1. The van der Waals surface area contributed by atoms with E-state index in [1.165, 1.54) is 7.11 Å². The maximum atomic E-state index is 16.1. The first kappa shape index (κ1) is 21.3. The highest BCUT2D eigenvalue weighted by Crippen LogP contribution is 2.33. The Bertz CT molecular complexity index is 656. The average Bonchev–Trinajstić information content (AvgIpc) is 2.73. The Kier molecular flexibility index (Phi) is 8.19. The Morgan fingerprint density at radius 3 is 1.96 bits per heavy atom. The molecule has 146 valence electrons. The first-order valence-corrected chi connectivity index (χ1v) is 11.2. The maximum Gasteiger partial charge on any atom is 0.371 e. The number of ether oxygens (including phenoxy) is 1. The molecular weight excluding hydrogens is 359 g/mol. The Hall–Kier alpha value is -1.98. The minimum Gasteiger partial charge on any atom is -0.465 e. The van der Waals surface area contributed by atoms with E-state index >= 15 is 4.39 Å². The van der Waals surface area contributed by atoms with Gasteiger partial charge in [-0.3, -0.25) is 0 Å². The van der Waals surface area contributed by atoms with Gasteiger partial charge in [0.05, 0.1) is 7.11 Å². The monoisotopic (exact) mass is 388 g/mol. The van der Waals surface area contributed by atoms with Gasteiger partial charge in [-0.1, -0.05) is 87.4 Å². The normalized spacial score (nSPS) is 14.6. The summed E-state index contributed by atoms with van der Waals surface area (Å²) in [5.74, 6) is -3.91. The van der Waals surface area contributed by atoms with E-state index in [2.05, 4.69) is 6.92 Å². The highest BCUT2D eigenvalue weighted by Gasteiger charge is 2.49. The SMILES string of the molecule is CCCCC(CC)C(F)(O[SiH](c1ccccc1)c1ccccc1)C(=O)OC. The second-order valence-electron chi connectivity index (χ2n) is 6.70. The second-order valence-corrected chi connectivity index (χ2v) is 9.03. The van der Waals surface area contributed by atoms with E-state index in [1.807, 2.05) is 67.6 Å². The summed E-state index contributed by atoms with van der Waals surface area (Å²) in [5, 5.41) is 1.86. The van der Waals surface area contributed by atoms with E-state index in [9.17, 15) is 4.79 Å². The van der Waals surface area contributed by atoms with Crippen LogP contribution in [0.4, 0.5) is 4.39 Å². The van der Waals surface area contributed by atoms with E-state index in [4.69, 9.17) is 9.16 Å². The molecule has 2 atom stereocenters. The fourth-order valence-corrected chi connectivity index (χ4v) is 5.74. The van der Waals surface area contributed by atoms with Gasteiger partial charge in [0.25, 0.3) is 0 Å². The summed E-state index contributed by atoms with van der Waals surface area (Å²) in [5.41, 5.74) is 0. The number of hydrogen-bond acceptors (Lipinski definition) is 3. The molecule has 3 nitrogen and oxygen atoms in total. The molecule has 0 amide bonds. The van der Waals surface area contributed by atoms with Gasteiger partial charge in [0.1, 0.15) is 0 Å². The van der Waals surface area contributed by atoms with Crippen molar-refractivity contribution in [3.63, 3.8) is 0 Å². The van der Waals surface area contributed by atoms with Crippen molar-refractivity contribution in [2.24, 2.45) is 5.92 Å². The molecule has 0 aliphatic heterocycles. The van der Waals surface area contributed by atoms with Gasteiger partial charge in [-0.05, 0) is 23.2 Å². The van der Waals surface area contributed by atoms with E-state index in [1.54, 1.807) is 0 Å². The molecule has 2 unspecified atom stereocenters. The van der Waals surface area contributed by atoms with Crippen LogP contribution < -0.4 is 10.4 Å². The van der Waals surface area contributed by atoms with Crippen LogP contribution in [0.15, 0.2) is 60.7 Å². The molecule has 0 aliphatic carbocycles. The van der Waals surface area contributed by atoms with Crippen molar-refractivity contribution >= 4 is 25.4 Å². The molecule has 0 heterocycles.